The van der Waals surface area contributed by atoms with Crippen LogP contribution >= 0.6 is 0 Å². The van der Waals surface area contributed by atoms with Crippen molar-refractivity contribution in [3.05, 3.63) is 24.3 Å². The Balaban J connectivity index is 1.45. The molecule has 0 bridgehead atoms. The summed E-state index contributed by atoms with van der Waals surface area (Å²) in [5.41, 5.74) is 0.720. The molecule has 164 valence electrons. The lowest BCUT2D eigenvalue weighted by molar-refractivity contribution is -0.0783. The van der Waals surface area contributed by atoms with Crippen LogP contribution in [-0.2, 0) is 0 Å². The van der Waals surface area contributed by atoms with E-state index in [1.165, 1.54) is 44.1 Å². The zero-order chi connectivity index (χ0) is 21.1. The van der Waals surface area contributed by atoms with Gasteiger partial charge in [-0.3, -0.25) is 0 Å². The smallest absolute Gasteiger partial charge is 0.0861 e. The molecular weight excluding hydrogens is 356 g/mol. The summed E-state index contributed by atoms with van der Waals surface area (Å²) in [4.78, 5) is 0. The van der Waals surface area contributed by atoms with Crippen molar-refractivity contribution in [1.82, 2.24) is 0 Å². The molecule has 0 heterocycles. The standard InChI is InChI=1S/C27H44O2/c1-19(8-6-13-24(3,4)28)22-11-12-23-25(22,5)14-7-15-27(23,29)17-16-26-18-21(26)10-9-20(26)2/h16-17,19,21-23,28-29H,2,6-15,18H2,1,3-5H3/b17-16+/t19-,21-,22-,23-,25-,26-,27-/m1/s1. The van der Waals surface area contributed by atoms with Gasteiger partial charge < -0.3 is 10.2 Å². The SMILES string of the molecule is C=C1CC[C@@H]2C[C@]12/C=C/[C@]1(O)CCC[C@]2(C)[C@@H]([C@H](C)CCCC(C)(C)O)CC[C@H]21. The Morgan fingerprint density at radius 3 is 2.59 bits per heavy atom. The van der Waals surface area contributed by atoms with Crippen LogP contribution in [0, 0.1) is 34.5 Å². The van der Waals surface area contributed by atoms with Gasteiger partial charge in [0.15, 0.2) is 0 Å². The first kappa shape index (κ1) is 21.6. The monoisotopic (exact) mass is 400 g/mol. The van der Waals surface area contributed by atoms with Crippen LogP contribution < -0.4 is 0 Å². The Labute approximate surface area is 178 Å². The molecule has 0 radical (unpaired) electrons. The first-order valence-electron chi connectivity index (χ1n) is 12.3. The third-order valence-corrected chi connectivity index (χ3v) is 9.72. The molecule has 4 fully saturated rings. The maximum absolute atomic E-state index is 11.8. The molecule has 0 saturated heterocycles. The molecule has 0 aliphatic heterocycles. The normalized spacial score (nSPS) is 45.4. The largest absolute Gasteiger partial charge is 0.390 e. The molecular formula is C27H44O2. The molecule has 0 amide bonds. The van der Waals surface area contributed by atoms with Gasteiger partial charge in [0.05, 0.1) is 11.2 Å². The third-order valence-electron chi connectivity index (χ3n) is 9.72. The van der Waals surface area contributed by atoms with Gasteiger partial charge >= 0.3 is 0 Å². The van der Waals surface area contributed by atoms with E-state index >= 15 is 0 Å². The average Bonchev–Trinajstić information content (AvgIpc) is 3.10. The van der Waals surface area contributed by atoms with E-state index in [1.54, 1.807) is 0 Å². The van der Waals surface area contributed by atoms with Crippen LogP contribution in [0.3, 0.4) is 0 Å². The van der Waals surface area contributed by atoms with Gasteiger partial charge in [-0.2, -0.15) is 0 Å². The number of hydrogen-bond acceptors (Lipinski definition) is 2. The fourth-order valence-corrected chi connectivity index (χ4v) is 7.90. The van der Waals surface area contributed by atoms with Crippen LogP contribution in [0.2, 0.25) is 0 Å². The highest BCUT2D eigenvalue weighted by atomic mass is 16.3. The van der Waals surface area contributed by atoms with E-state index in [0.29, 0.717) is 17.8 Å². The van der Waals surface area contributed by atoms with Crippen LogP contribution in [-0.4, -0.2) is 21.4 Å². The molecule has 0 unspecified atom stereocenters. The Kier molecular flexibility index (Phi) is 5.39. The molecule has 29 heavy (non-hydrogen) atoms. The second kappa shape index (κ2) is 7.23. The molecule has 4 aliphatic carbocycles. The van der Waals surface area contributed by atoms with Crippen molar-refractivity contribution >= 4 is 0 Å². The lowest BCUT2D eigenvalue weighted by Gasteiger charge is -2.50. The second-order valence-electron chi connectivity index (χ2n) is 12.2. The van der Waals surface area contributed by atoms with E-state index in [4.69, 9.17) is 0 Å². The highest BCUT2D eigenvalue weighted by molar-refractivity contribution is 5.36. The maximum Gasteiger partial charge on any atom is 0.0861 e. The van der Waals surface area contributed by atoms with E-state index < -0.39 is 11.2 Å². The van der Waals surface area contributed by atoms with Crippen molar-refractivity contribution in [2.24, 2.45) is 34.5 Å². The zero-order valence-electron chi connectivity index (χ0n) is 19.3. The average molecular weight is 401 g/mol. The predicted molar refractivity (Wildman–Crippen MR) is 120 cm³/mol. The molecule has 4 rings (SSSR count). The lowest BCUT2D eigenvalue weighted by atomic mass is 9.57. The van der Waals surface area contributed by atoms with Crippen molar-refractivity contribution in [3.63, 3.8) is 0 Å². The minimum Gasteiger partial charge on any atom is -0.390 e. The number of fused-ring (bicyclic) bond motifs is 2. The van der Waals surface area contributed by atoms with Gasteiger partial charge in [-0.1, -0.05) is 51.0 Å². The van der Waals surface area contributed by atoms with Gasteiger partial charge in [0.1, 0.15) is 0 Å². The van der Waals surface area contributed by atoms with Gasteiger partial charge in [0.25, 0.3) is 0 Å². The van der Waals surface area contributed by atoms with Crippen molar-refractivity contribution < 1.29 is 10.2 Å². The Morgan fingerprint density at radius 2 is 1.97 bits per heavy atom. The van der Waals surface area contributed by atoms with Crippen LogP contribution in [0.1, 0.15) is 98.3 Å². The second-order valence-corrected chi connectivity index (χ2v) is 12.2. The summed E-state index contributed by atoms with van der Waals surface area (Å²) < 4.78 is 0. The summed E-state index contributed by atoms with van der Waals surface area (Å²) in [5.74, 6) is 2.56. The van der Waals surface area contributed by atoms with Gasteiger partial charge in [0.2, 0.25) is 0 Å². The molecule has 0 aromatic heterocycles. The Hall–Kier alpha value is -0.600. The van der Waals surface area contributed by atoms with Crippen molar-refractivity contribution in [2.45, 2.75) is 110 Å². The summed E-state index contributed by atoms with van der Waals surface area (Å²) in [7, 11) is 0. The summed E-state index contributed by atoms with van der Waals surface area (Å²) in [6.07, 6.45) is 17.3. The summed E-state index contributed by atoms with van der Waals surface area (Å²) >= 11 is 0. The van der Waals surface area contributed by atoms with Crippen LogP contribution in [0.15, 0.2) is 24.3 Å². The molecule has 4 aliphatic rings. The number of allylic oxidation sites excluding steroid dienone is 2. The molecule has 0 spiro atoms. The van der Waals surface area contributed by atoms with Crippen molar-refractivity contribution in [1.29, 1.82) is 0 Å². The minimum atomic E-state index is -0.626. The van der Waals surface area contributed by atoms with Crippen molar-refractivity contribution in [3.8, 4) is 0 Å². The quantitative estimate of drug-likeness (QED) is 0.484. The van der Waals surface area contributed by atoms with E-state index in [9.17, 15) is 10.2 Å². The van der Waals surface area contributed by atoms with Gasteiger partial charge in [-0.25, -0.2) is 0 Å². The number of hydrogen-bond donors (Lipinski definition) is 2. The lowest BCUT2D eigenvalue weighted by Crippen LogP contribution is -2.49. The Morgan fingerprint density at radius 1 is 1.21 bits per heavy atom. The fourth-order valence-electron chi connectivity index (χ4n) is 7.90. The predicted octanol–water partition coefficient (Wildman–Crippen LogP) is 6.42. The fraction of sp³-hybridized carbons (Fsp3) is 0.852. The maximum atomic E-state index is 11.8. The summed E-state index contributed by atoms with van der Waals surface area (Å²) in [6, 6.07) is 0. The Bertz CT molecular complexity index is 673. The third kappa shape index (κ3) is 3.78. The van der Waals surface area contributed by atoms with E-state index in [1.807, 2.05) is 13.8 Å². The molecule has 0 aromatic rings. The van der Waals surface area contributed by atoms with Gasteiger partial charge in [0, 0.05) is 5.41 Å². The van der Waals surface area contributed by atoms with Crippen LogP contribution in [0.25, 0.3) is 0 Å². The topological polar surface area (TPSA) is 40.5 Å². The first-order chi connectivity index (χ1) is 13.5. The molecule has 2 heteroatoms. The number of rotatable bonds is 7. The molecule has 7 atom stereocenters. The molecule has 4 saturated carbocycles. The summed E-state index contributed by atoms with van der Waals surface area (Å²) in [5, 5.41) is 21.9. The summed E-state index contributed by atoms with van der Waals surface area (Å²) in [6.45, 7) is 13.1. The zero-order valence-corrected chi connectivity index (χ0v) is 19.3. The molecule has 2 N–H and O–H groups in total. The van der Waals surface area contributed by atoms with E-state index in [-0.39, 0.29) is 10.8 Å². The van der Waals surface area contributed by atoms with Crippen LogP contribution in [0.5, 0.6) is 0 Å². The van der Waals surface area contributed by atoms with E-state index in [0.717, 1.165) is 38.0 Å². The first-order valence-corrected chi connectivity index (χ1v) is 12.3. The highest BCUT2D eigenvalue weighted by Gasteiger charge is 2.60. The molecule has 0 aromatic carbocycles. The molecule has 2 nitrogen and oxygen atoms in total. The number of aliphatic hydroxyl groups is 2. The van der Waals surface area contributed by atoms with Gasteiger partial charge in [-0.05, 0) is 101 Å². The van der Waals surface area contributed by atoms with Crippen molar-refractivity contribution in [2.75, 3.05) is 0 Å². The van der Waals surface area contributed by atoms with E-state index in [2.05, 4.69) is 32.6 Å². The minimum absolute atomic E-state index is 0.242. The highest BCUT2D eigenvalue weighted by Crippen LogP contribution is 2.68. The van der Waals surface area contributed by atoms with Gasteiger partial charge in [-0.15, -0.1) is 0 Å². The van der Waals surface area contributed by atoms with Crippen LogP contribution in [0.4, 0.5) is 0 Å².